The Hall–Kier alpha value is -2.86. The van der Waals surface area contributed by atoms with Crippen molar-refractivity contribution >= 4 is 17.2 Å². The van der Waals surface area contributed by atoms with Gasteiger partial charge in [-0.05, 0) is 38.8 Å². The summed E-state index contributed by atoms with van der Waals surface area (Å²) in [6, 6.07) is 14.0. The van der Waals surface area contributed by atoms with Gasteiger partial charge in [0.05, 0.1) is 29.6 Å². The van der Waals surface area contributed by atoms with Crippen molar-refractivity contribution < 1.29 is 14.3 Å². The summed E-state index contributed by atoms with van der Waals surface area (Å²) >= 11 is 1.64. The molecule has 0 saturated carbocycles. The third-order valence-electron chi connectivity index (χ3n) is 5.43. The van der Waals surface area contributed by atoms with Crippen molar-refractivity contribution in [3.05, 3.63) is 64.2 Å². The first-order valence-electron chi connectivity index (χ1n) is 10.1. The predicted molar refractivity (Wildman–Crippen MR) is 119 cm³/mol. The fourth-order valence-corrected chi connectivity index (χ4v) is 4.75. The SMILES string of the molecule is COc1ccc2c(c1)OCC(C(=O)NC(C)c1sc(-c3ccc(C)cc3)nc1C)C2. The molecule has 2 unspecified atom stereocenters. The summed E-state index contributed by atoms with van der Waals surface area (Å²) in [5.74, 6) is 1.36. The Morgan fingerprint density at radius 2 is 2.00 bits per heavy atom. The molecule has 1 N–H and O–H groups in total. The van der Waals surface area contributed by atoms with Crippen molar-refractivity contribution in [2.45, 2.75) is 33.2 Å². The van der Waals surface area contributed by atoms with Gasteiger partial charge in [0, 0.05) is 11.6 Å². The largest absolute Gasteiger partial charge is 0.497 e. The minimum Gasteiger partial charge on any atom is -0.497 e. The topological polar surface area (TPSA) is 60.5 Å². The van der Waals surface area contributed by atoms with Crippen LogP contribution in [0.2, 0.25) is 0 Å². The molecule has 1 aliphatic heterocycles. The van der Waals surface area contributed by atoms with Gasteiger partial charge < -0.3 is 14.8 Å². The molecule has 1 aliphatic rings. The van der Waals surface area contributed by atoms with E-state index < -0.39 is 0 Å². The van der Waals surface area contributed by atoms with Gasteiger partial charge in [0.25, 0.3) is 0 Å². The number of ether oxygens (including phenoxy) is 2. The quantitative estimate of drug-likeness (QED) is 0.638. The van der Waals surface area contributed by atoms with Gasteiger partial charge in [-0.25, -0.2) is 4.98 Å². The molecule has 0 bridgehead atoms. The number of methoxy groups -OCH3 is 1. The molecule has 0 saturated heterocycles. The second-order valence-corrected chi connectivity index (χ2v) is 8.78. The summed E-state index contributed by atoms with van der Waals surface area (Å²) < 4.78 is 11.1. The van der Waals surface area contributed by atoms with Gasteiger partial charge in [-0.1, -0.05) is 35.9 Å². The first-order valence-corrected chi connectivity index (χ1v) is 10.9. The number of rotatable bonds is 5. The Balaban J connectivity index is 1.44. The molecule has 156 valence electrons. The minimum absolute atomic E-state index is 0.00801. The lowest BCUT2D eigenvalue weighted by Gasteiger charge is -2.26. The predicted octanol–water partition coefficient (Wildman–Crippen LogP) is 4.86. The normalized spacial score (nSPS) is 16.3. The van der Waals surface area contributed by atoms with Crippen molar-refractivity contribution in [2.24, 2.45) is 5.92 Å². The molecule has 2 heterocycles. The highest BCUT2D eigenvalue weighted by atomic mass is 32.1. The highest BCUT2D eigenvalue weighted by Gasteiger charge is 2.28. The van der Waals surface area contributed by atoms with Crippen molar-refractivity contribution in [1.82, 2.24) is 10.3 Å². The van der Waals surface area contributed by atoms with Gasteiger partial charge in [-0.15, -0.1) is 11.3 Å². The molecule has 30 heavy (non-hydrogen) atoms. The van der Waals surface area contributed by atoms with Crippen LogP contribution in [0.25, 0.3) is 10.6 Å². The minimum atomic E-state index is -0.210. The third kappa shape index (κ3) is 4.19. The molecule has 4 rings (SSSR count). The van der Waals surface area contributed by atoms with E-state index in [0.29, 0.717) is 13.0 Å². The number of nitrogens with zero attached hydrogens (tertiary/aromatic N) is 1. The van der Waals surface area contributed by atoms with Crippen LogP contribution in [0.3, 0.4) is 0 Å². The standard InChI is InChI=1S/C24H26N2O3S/c1-14-5-7-17(8-6-14)24-26-16(3)22(30-24)15(2)25-23(27)19-11-18-9-10-20(28-4)12-21(18)29-13-19/h5-10,12,15,19H,11,13H2,1-4H3,(H,25,27). The molecular formula is C24H26N2O3S. The maximum Gasteiger partial charge on any atom is 0.227 e. The van der Waals surface area contributed by atoms with E-state index in [1.165, 1.54) is 5.56 Å². The summed E-state index contributed by atoms with van der Waals surface area (Å²) in [5.41, 5.74) is 4.32. The maximum absolute atomic E-state index is 12.9. The molecule has 2 atom stereocenters. The van der Waals surface area contributed by atoms with E-state index in [0.717, 1.165) is 38.2 Å². The molecule has 0 fully saturated rings. The molecule has 5 nitrogen and oxygen atoms in total. The number of thiazole rings is 1. The van der Waals surface area contributed by atoms with Gasteiger partial charge in [0.1, 0.15) is 23.1 Å². The highest BCUT2D eigenvalue weighted by Crippen LogP contribution is 2.33. The number of carbonyl (C=O) groups excluding carboxylic acids is 1. The van der Waals surface area contributed by atoms with E-state index in [1.807, 2.05) is 32.0 Å². The molecule has 0 spiro atoms. The molecule has 0 radical (unpaired) electrons. The zero-order valence-electron chi connectivity index (χ0n) is 17.7. The van der Waals surface area contributed by atoms with Crippen LogP contribution in [0.1, 0.15) is 34.7 Å². The third-order valence-corrected chi connectivity index (χ3v) is 6.82. The molecule has 0 aliphatic carbocycles. The zero-order valence-corrected chi connectivity index (χ0v) is 18.5. The highest BCUT2D eigenvalue weighted by molar-refractivity contribution is 7.15. The second-order valence-electron chi connectivity index (χ2n) is 7.75. The summed E-state index contributed by atoms with van der Waals surface area (Å²) in [6.45, 7) is 6.46. The average Bonchev–Trinajstić information content (AvgIpc) is 3.15. The van der Waals surface area contributed by atoms with Gasteiger partial charge in [-0.3, -0.25) is 4.79 Å². The lowest BCUT2D eigenvalue weighted by molar-refractivity contribution is -0.126. The molecule has 3 aromatic rings. The van der Waals surface area contributed by atoms with Crippen molar-refractivity contribution in [2.75, 3.05) is 13.7 Å². The first-order chi connectivity index (χ1) is 14.4. The average molecular weight is 423 g/mol. The fraction of sp³-hybridized carbons (Fsp3) is 0.333. The lowest BCUT2D eigenvalue weighted by Crippen LogP contribution is -2.38. The zero-order chi connectivity index (χ0) is 21.3. The van der Waals surface area contributed by atoms with Gasteiger partial charge in [0.15, 0.2) is 0 Å². The Kier molecular flexibility index (Phi) is 5.77. The van der Waals surface area contributed by atoms with E-state index in [9.17, 15) is 4.79 Å². The summed E-state index contributed by atoms with van der Waals surface area (Å²) in [7, 11) is 1.63. The summed E-state index contributed by atoms with van der Waals surface area (Å²) in [4.78, 5) is 18.7. The Labute approximate surface area is 181 Å². The number of carbonyl (C=O) groups is 1. The van der Waals surface area contributed by atoms with E-state index >= 15 is 0 Å². The Morgan fingerprint density at radius 1 is 1.23 bits per heavy atom. The number of aromatic nitrogens is 1. The van der Waals surface area contributed by atoms with E-state index in [1.54, 1.807) is 18.4 Å². The van der Waals surface area contributed by atoms with Crippen LogP contribution in [-0.4, -0.2) is 24.6 Å². The monoisotopic (exact) mass is 422 g/mol. The van der Waals surface area contributed by atoms with Crippen LogP contribution in [-0.2, 0) is 11.2 Å². The Morgan fingerprint density at radius 3 is 2.73 bits per heavy atom. The maximum atomic E-state index is 12.9. The Bertz CT molecular complexity index is 1060. The van der Waals surface area contributed by atoms with Crippen molar-refractivity contribution in [1.29, 1.82) is 0 Å². The van der Waals surface area contributed by atoms with Crippen LogP contribution >= 0.6 is 11.3 Å². The lowest BCUT2D eigenvalue weighted by atomic mass is 9.95. The molecule has 1 amide bonds. The second kappa shape index (κ2) is 8.48. The van der Waals surface area contributed by atoms with Crippen LogP contribution in [0.5, 0.6) is 11.5 Å². The van der Waals surface area contributed by atoms with E-state index in [-0.39, 0.29) is 17.9 Å². The first kappa shape index (κ1) is 20.4. The summed E-state index contributed by atoms with van der Waals surface area (Å²) in [6.07, 6.45) is 0.661. The summed E-state index contributed by atoms with van der Waals surface area (Å²) in [5, 5.41) is 4.14. The molecule has 1 aromatic heterocycles. The number of aryl methyl sites for hydroxylation is 2. The van der Waals surface area contributed by atoms with E-state index in [4.69, 9.17) is 14.5 Å². The number of benzene rings is 2. The molecule has 2 aromatic carbocycles. The fourth-order valence-electron chi connectivity index (χ4n) is 3.67. The number of amides is 1. The van der Waals surface area contributed by atoms with Crippen LogP contribution in [0.4, 0.5) is 0 Å². The number of hydrogen-bond donors (Lipinski definition) is 1. The van der Waals surface area contributed by atoms with E-state index in [2.05, 4.69) is 36.5 Å². The molecular weight excluding hydrogens is 396 g/mol. The smallest absolute Gasteiger partial charge is 0.227 e. The number of hydrogen-bond acceptors (Lipinski definition) is 5. The number of fused-ring (bicyclic) bond motifs is 1. The van der Waals surface area contributed by atoms with Gasteiger partial charge >= 0.3 is 0 Å². The van der Waals surface area contributed by atoms with Crippen molar-refractivity contribution in [3.63, 3.8) is 0 Å². The number of nitrogens with one attached hydrogen (secondary N) is 1. The van der Waals surface area contributed by atoms with Gasteiger partial charge in [0.2, 0.25) is 5.91 Å². The van der Waals surface area contributed by atoms with Gasteiger partial charge in [-0.2, -0.15) is 0 Å². The van der Waals surface area contributed by atoms with Crippen LogP contribution in [0, 0.1) is 19.8 Å². The van der Waals surface area contributed by atoms with Crippen molar-refractivity contribution in [3.8, 4) is 22.1 Å². The molecule has 6 heteroatoms. The van der Waals surface area contributed by atoms with Crippen LogP contribution < -0.4 is 14.8 Å². The van der Waals surface area contributed by atoms with Crippen LogP contribution in [0.15, 0.2) is 42.5 Å².